The fourth-order valence-electron chi connectivity index (χ4n) is 3.69. The molecule has 8 heteroatoms. The molecule has 0 spiro atoms. The molecule has 0 saturated heterocycles. The minimum Gasteiger partial charge on any atom is -0.393 e. The first-order valence-electron chi connectivity index (χ1n) is 10.5. The Morgan fingerprint density at radius 2 is 1.11 bits per heavy atom. The van der Waals surface area contributed by atoms with Gasteiger partial charge in [0.2, 0.25) is 11.8 Å². The molecule has 0 bridgehead atoms. The number of amides is 2. The van der Waals surface area contributed by atoms with Gasteiger partial charge in [-0.15, -0.1) is 0 Å². The Hall–Kier alpha value is -1.22. The Morgan fingerprint density at radius 1 is 0.786 bits per heavy atom. The predicted octanol–water partition coefficient (Wildman–Crippen LogP) is -0.00140. The summed E-state index contributed by atoms with van der Waals surface area (Å²) in [6.45, 7) is 7.37. The molecule has 8 N–H and O–H groups in total. The van der Waals surface area contributed by atoms with E-state index in [9.17, 15) is 19.8 Å². The van der Waals surface area contributed by atoms with Crippen LogP contribution in [0.1, 0.15) is 66.2 Å². The number of aliphatic hydroxyl groups excluding tert-OH is 2. The van der Waals surface area contributed by atoms with E-state index in [4.69, 9.17) is 11.5 Å². The van der Waals surface area contributed by atoms with Gasteiger partial charge in [-0.25, -0.2) is 0 Å². The molecule has 0 heterocycles. The molecular formula is C20H40N4O4. The molecule has 2 saturated carbocycles. The lowest BCUT2D eigenvalue weighted by molar-refractivity contribution is -0.124. The number of hydrogen-bond acceptors (Lipinski definition) is 6. The van der Waals surface area contributed by atoms with Crippen molar-refractivity contribution in [3.05, 3.63) is 0 Å². The summed E-state index contributed by atoms with van der Waals surface area (Å²) in [5.41, 5.74) is 10.9. The molecule has 164 valence electrons. The van der Waals surface area contributed by atoms with Gasteiger partial charge in [0, 0.05) is 12.1 Å². The molecule has 0 aliphatic heterocycles. The summed E-state index contributed by atoms with van der Waals surface area (Å²) in [4.78, 5) is 22.6. The highest BCUT2D eigenvalue weighted by atomic mass is 16.3. The predicted molar refractivity (Wildman–Crippen MR) is 109 cm³/mol. The monoisotopic (exact) mass is 400 g/mol. The Labute approximate surface area is 168 Å². The van der Waals surface area contributed by atoms with Gasteiger partial charge in [-0.1, -0.05) is 13.8 Å². The van der Waals surface area contributed by atoms with Crippen molar-refractivity contribution in [1.82, 2.24) is 10.6 Å². The molecule has 8 nitrogen and oxygen atoms in total. The number of nitrogens with two attached hydrogens (primary N) is 2. The van der Waals surface area contributed by atoms with E-state index in [2.05, 4.69) is 10.6 Å². The number of carbonyl (C=O) groups excluding carboxylic acids is 2. The van der Waals surface area contributed by atoms with Crippen LogP contribution in [0.15, 0.2) is 0 Å². The van der Waals surface area contributed by atoms with Crippen LogP contribution in [0.4, 0.5) is 0 Å². The van der Waals surface area contributed by atoms with Crippen LogP contribution >= 0.6 is 0 Å². The molecule has 2 aliphatic carbocycles. The van der Waals surface area contributed by atoms with E-state index in [0.29, 0.717) is 0 Å². The van der Waals surface area contributed by atoms with Crippen LogP contribution in [0.2, 0.25) is 0 Å². The molecule has 2 aliphatic rings. The Kier molecular flexibility index (Phi) is 10.4. The van der Waals surface area contributed by atoms with Crippen LogP contribution in [-0.4, -0.2) is 58.4 Å². The van der Waals surface area contributed by atoms with Gasteiger partial charge < -0.3 is 32.3 Å². The van der Waals surface area contributed by atoms with Crippen LogP contribution in [0, 0.1) is 11.8 Å². The summed E-state index contributed by atoms with van der Waals surface area (Å²) in [5, 5.41) is 24.8. The van der Waals surface area contributed by atoms with Gasteiger partial charge in [-0.3, -0.25) is 9.59 Å². The maximum absolute atomic E-state index is 11.3. The highest BCUT2D eigenvalue weighted by Gasteiger charge is 2.28. The summed E-state index contributed by atoms with van der Waals surface area (Å²) in [7, 11) is 0. The van der Waals surface area contributed by atoms with Gasteiger partial charge >= 0.3 is 0 Å². The number of carbonyl (C=O) groups is 2. The molecule has 0 radical (unpaired) electrons. The zero-order chi connectivity index (χ0) is 21.4. The van der Waals surface area contributed by atoms with Crippen molar-refractivity contribution < 1.29 is 19.8 Å². The summed E-state index contributed by atoms with van der Waals surface area (Å²) in [5.74, 6) is 0.335. The van der Waals surface area contributed by atoms with Crippen molar-refractivity contribution >= 4 is 11.8 Å². The van der Waals surface area contributed by atoms with Crippen LogP contribution in [0.5, 0.6) is 0 Å². The third-order valence-corrected chi connectivity index (χ3v) is 5.77. The first-order chi connectivity index (χ1) is 13.0. The quantitative estimate of drug-likeness (QED) is 0.391. The maximum Gasteiger partial charge on any atom is 0.236 e. The van der Waals surface area contributed by atoms with Crippen molar-refractivity contribution in [2.45, 2.75) is 103 Å². The molecule has 8 atom stereocenters. The first-order valence-corrected chi connectivity index (χ1v) is 10.5. The van der Waals surface area contributed by atoms with E-state index >= 15 is 0 Å². The molecule has 28 heavy (non-hydrogen) atoms. The molecule has 0 aromatic rings. The standard InChI is InChI=1S/2C10H20N2O2/c2*1-6-5-8(3-4-9(6)13)12-10(14)7(2)11/h2*6-9,13H,3-5,11H2,1-2H3,(H,12,14)/t6-,7+,8-,9-;6-,7-,8-,9-/m01/s1. The fourth-order valence-corrected chi connectivity index (χ4v) is 3.69. The molecule has 2 rings (SSSR count). The van der Waals surface area contributed by atoms with E-state index in [1.54, 1.807) is 13.8 Å². The van der Waals surface area contributed by atoms with E-state index in [-0.39, 0.29) is 47.9 Å². The number of nitrogens with one attached hydrogen (secondary N) is 2. The van der Waals surface area contributed by atoms with E-state index in [1.165, 1.54) is 0 Å². The largest absolute Gasteiger partial charge is 0.393 e. The average molecular weight is 401 g/mol. The lowest BCUT2D eigenvalue weighted by Crippen LogP contribution is -2.47. The second-order valence-corrected chi connectivity index (χ2v) is 8.70. The van der Waals surface area contributed by atoms with Gasteiger partial charge in [-0.2, -0.15) is 0 Å². The zero-order valence-corrected chi connectivity index (χ0v) is 17.7. The second kappa shape index (κ2) is 11.7. The van der Waals surface area contributed by atoms with Gasteiger partial charge in [0.15, 0.2) is 0 Å². The van der Waals surface area contributed by atoms with E-state index < -0.39 is 12.1 Å². The third-order valence-electron chi connectivity index (χ3n) is 5.77. The minimum atomic E-state index is -0.447. The SMILES string of the molecule is C[C@@H](N)C(=O)N[C@H]1CC[C@H](O)[C@@H](C)C1.C[C@@H]1C[C@H](NC(=O)[C@@H](C)N)CC[C@H]1O. The van der Waals surface area contributed by atoms with Crippen molar-refractivity contribution in [3.63, 3.8) is 0 Å². The van der Waals surface area contributed by atoms with Crippen molar-refractivity contribution in [1.29, 1.82) is 0 Å². The summed E-state index contributed by atoms with van der Waals surface area (Å²) >= 11 is 0. The zero-order valence-electron chi connectivity index (χ0n) is 17.7. The first kappa shape index (κ1) is 24.8. The van der Waals surface area contributed by atoms with Crippen LogP contribution in [0.25, 0.3) is 0 Å². The lowest BCUT2D eigenvalue weighted by Gasteiger charge is -2.31. The van der Waals surface area contributed by atoms with Gasteiger partial charge in [-0.05, 0) is 64.2 Å². The third kappa shape index (κ3) is 8.43. The smallest absolute Gasteiger partial charge is 0.236 e. The molecular weight excluding hydrogens is 360 g/mol. The topological polar surface area (TPSA) is 151 Å². The number of rotatable bonds is 4. The maximum atomic E-state index is 11.3. The van der Waals surface area contributed by atoms with Gasteiger partial charge in [0.05, 0.1) is 24.3 Å². The molecule has 0 unspecified atom stereocenters. The summed E-state index contributed by atoms with van der Waals surface area (Å²) < 4.78 is 0. The summed E-state index contributed by atoms with van der Waals surface area (Å²) in [6.07, 6.45) is 4.51. The molecule has 2 fully saturated rings. The van der Waals surface area contributed by atoms with E-state index in [0.717, 1.165) is 38.5 Å². The highest BCUT2D eigenvalue weighted by molar-refractivity contribution is 5.81. The Balaban J connectivity index is 0.000000280. The molecule has 0 aromatic heterocycles. The van der Waals surface area contributed by atoms with Crippen molar-refractivity contribution in [2.75, 3.05) is 0 Å². The Bertz CT molecular complexity index is 457. The van der Waals surface area contributed by atoms with Crippen molar-refractivity contribution in [3.8, 4) is 0 Å². The lowest BCUT2D eigenvalue weighted by atomic mass is 9.84. The normalized spacial score (nSPS) is 35.0. The van der Waals surface area contributed by atoms with Crippen LogP contribution in [0.3, 0.4) is 0 Å². The van der Waals surface area contributed by atoms with Crippen molar-refractivity contribution in [2.24, 2.45) is 23.3 Å². The van der Waals surface area contributed by atoms with Gasteiger partial charge in [0.25, 0.3) is 0 Å². The minimum absolute atomic E-state index is 0.0985. The number of aliphatic hydroxyl groups is 2. The van der Waals surface area contributed by atoms with Crippen LogP contribution < -0.4 is 22.1 Å². The Morgan fingerprint density at radius 3 is 1.36 bits per heavy atom. The molecule has 0 aromatic carbocycles. The van der Waals surface area contributed by atoms with Crippen LogP contribution in [-0.2, 0) is 9.59 Å². The van der Waals surface area contributed by atoms with E-state index in [1.807, 2.05) is 13.8 Å². The van der Waals surface area contributed by atoms with Gasteiger partial charge in [0.1, 0.15) is 0 Å². The average Bonchev–Trinajstić information content (AvgIpc) is 2.61. The fraction of sp³-hybridized carbons (Fsp3) is 0.900. The number of hydrogen-bond donors (Lipinski definition) is 6. The molecule has 2 amide bonds. The second-order valence-electron chi connectivity index (χ2n) is 8.70. The summed E-state index contributed by atoms with van der Waals surface area (Å²) in [6, 6.07) is -0.520. The highest BCUT2D eigenvalue weighted by Crippen LogP contribution is 2.25.